The molecule has 1 saturated heterocycles. The molecule has 1 aromatic heterocycles. The second-order valence-corrected chi connectivity index (χ2v) is 7.00. The number of hydrogen-bond acceptors (Lipinski definition) is 5. The number of aryl methyl sites for hydroxylation is 1. The van der Waals surface area contributed by atoms with Gasteiger partial charge < -0.3 is 15.0 Å². The van der Waals surface area contributed by atoms with E-state index in [0.717, 1.165) is 19.6 Å². The lowest BCUT2D eigenvalue weighted by atomic mass is 9.97. The van der Waals surface area contributed by atoms with Crippen molar-refractivity contribution >= 4 is 5.91 Å². The SMILES string of the molecule is COCCN1C[C@H](NC(=O)c2cc(C#N)c(=O)[nH]c2C)[C@@H](C2CC2)C1. The normalized spacial score (nSPS) is 23.4. The quantitative estimate of drug-likeness (QED) is 0.789. The third-order valence-electron chi connectivity index (χ3n) is 5.20. The Labute approximate surface area is 147 Å². The van der Waals surface area contributed by atoms with Crippen LogP contribution in [-0.2, 0) is 4.74 Å². The van der Waals surface area contributed by atoms with E-state index in [1.165, 1.54) is 18.9 Å². The first kappa shape index (κ1) is 17.6. The number of likely N-dealkylation sites (tertiary alicyclic amines) is 1. The summed E-state index contributed by atoms with van der Waals surface area (Å²) in [5.74, 6) is 0.915. The van der Waals surface area contributed by atoms with E-state index in [4.69, 9.17) is 10.00 Å². The zero-order valence-electron chi connectivity index (χ0n) is 14.7. The molecule has 0 spiro atoms. The number of ether oxygens (including phenoxy) is 1. The van der Waals surface area contributed by atoms with Gasteiger partial charge in [-0.25, -0.2) is 0 Å². The lowest BCUT2D eigenvalue weighted by Crippen LogP contribution is -2.42. The van der Waals surface area contributed by atoms with Crippen molar-refractivity contribution in [2.45, 2.75) is 25.8 Å². The molecule has 2 N–H and O–H groups in total. The van der Waals surface area contributed by atoms with E-state index in [9.17, 15) is 9.59 Å². The Morgan fingerprint density at radius 2 is 2.24 bits per heavy atom. The Balaban J connectivity index is 1.73. The molecule has 2 atom stereocenters. The Morgan fingerprint density at radius 1 is 1.48 bits per heavy atom. The second-order valence-electron chi connectivity index (χ2n) is 7.00. The summed E-state index contributed by atoms with van der Waals surface area (Å²) in [5, 5.41) is 12.2. The van der Waals surface area contributed by atoms with Crippen molar-refractivity contribution in [3.63, 3.8) is 0 Å². The molecular weight excluding hydrogens is 320 g/mol. The summed E-state index contributed by atoms with van der Waals surface area (Å²) < 4.78 is 5.16. The Morgan fingerprint density at radius 3 is 2.88 bits per heavy atom. The van der Waals surface area contributed by atoms with Crippen LogP contribution in [0.25, 0.3) is 0 Å². The molecule has 0 unspecified atom stereocenters. The first-order valence-electron chi connectivity index (χ1n) is 8.69. The van der Waals surface area contributed by atoms with E-state index in [0.29, 0.717) is 29.7 Å². The van der Waals surface area contributed by atoms with E-state index >= 15 is 0 Å². The molecule has 25 heavy (non-hydrogen) atoms. The molecule has 1 aliphatic heterocycles. The molecule has 0 radical (unpaired) electrons. The van der Waals surface area contributed by atoms with Gasteiger partial charge in [0, 0.05) is 38.5 Å². The van der Waals surface area contributed by atoms with Crippen LogP contribution in [0.15, 0.2) is 10.9 Å². The van der Waals surface area contributed by atoms with Crippen LogP contribution in [0.3, 0.4) is 0 Å². The number of nitrogens with zero attached hydrogens (tertiary/aromatic N) is 2. The number of methoxy groups -OCH3 is 1. The van der Waals surface area contributed by atoms with Gasteiger partial charge in [-0.05, 0) is 37.7 Å². The molecule has 3 rings (SSSR count). The Hall–Kier alpha value is -2.17. The highest BCUT2D eigenvalue weighted by molar-refractivity contribution is 5.95. The molecule has 1 saturated carbocycles. The number of aromatic amines is 1. The van der Waals surface area contributed by atoms with E-state index in [1.807, 2.05) is 6.07 Å². The predicted molar refractivity (Wildman–Crippen MR) is 92.3 cm³/mol. The number of aromatic nitrogens is 1. The number of carbonyl (C=O) groups excluding carboxylic acids is 1. The average molecular weight is 344 g/mol. The smallest absolute Gasteiger partial charge is 0.266 e. The summed E-state index contributed by atoms with van der Waals surface area (Å²) in [4.78, 5) is 29.3. The van der Waals surface area contributed by atoms with Crippen LogP contribution >= 0.6 is 0 Å². The Kier molecular flexibility index (Phi) is 5.21. The molecule has 1 aliphatic carbocycles. The van der Waals surface area contributed by atoms with Gasteiger partial charge in [0.05, 0.1) is 12.2 Å². The number of pyridine rings is 1. The maximum Gasteiger partial charge on any atom is 0.266 e. The van der Waals surface area contributed by atoms with Crippen LogP contribution in [0.1, 0.15) is 34.5 Å². The number of H-pyrrole nitrogens is 1. The minimum absolute atomic E-state index is 0.0392. The molecule has 0 aromatic carbocycles. The van der Waals surface area contributed by atoms with Crippen molar-refractivity contribution in [2.75, 3.05) is 33.4 Å². The highest BCUT2D eigenvalue weighted by atomic mass is 16.5. The molecule has 0 bridgehead atoms. The lowest BCUT2D eigenvalue weighted by molar-refractivity contribution is 0.0926. The minimum atomic E-state index is -0.459. The zero-order valence-corrected chi connectivity index (χ0v) is 14.7. The van der Waals surface area contributed by atoms with Crippen LogP contribution in [-0.4, -0.2) is 55.2 Å². The monoisotopic (exact) mass is 344 g/mol. The van der Waals surface area contributed by atoms with Gasteiger partial charge in [0.1, 0.15) is 11.6 Å². The fourth-order valence-electron chi connectivity index (χ4n) is 3.66. The molecular formula is C18H24N4O3. The van der Waals surface area contributed by atoms with Crippen molar-refractivity contribution in [1.29, 1.82) is 5.26 Å². The summed E-state index contributed by atoms with van der Waals surface area (Å²) in [6.45, 7) is 5.01. The van der Waals surface area contributed by atoms with Gasteiger partial charge >= 0.3 is 0 Å². The van der Waals surface area contributed by atoms with Gasteiger partial charge in [-0.2, -0.15) is 5.26 Å². The van der Waals surface area contributed by atoms with Crippen molar-refractivity contribution in [2.24, 2.45) is 11.8 Å². The molecule has 7 heteroatoms. The summed E-state index contributed by atoms with van der Waals surface area (Å²) >= 11 is 0. The maximum atomic E-state index is 12.7. The topological polar surface area (TPSA) is 98.2 Å². The summed E-state index contributed by atoms with van der Waals surface area (Å²) in [6.07, 6.45) is 2.46. The lowest BCUT2D eigenvalue weighted by Gasteiger charge is -2.20. The molecule has 2 aliphatic rings. The number of amides is 1. The van der Waals surface area contributed by atoms with Crippen LogP contribution in [0.5, 0.6) is 0 Å². The highest BCUT2D eigenvalue weighted by Gasteiger charge is 2.42. The zero-order chi connectivity index (χ0) is 18.0. The summed E-state index contributed by atoms with van der Waals surface area (Å²) in [6, 6.07) is 3.31. The number of hydrogen-bond donors (Lipinski definition) is 2. The third kappa shape index (κ3) is 3.91. The van der Waals surface area contributed by atoms with E-state index in [1.54, 1.807) is 14.0 Å². The van der Waals surface area contributed by atoms with Gasteiger partial charge in [0.2, 0.25) is 0 Å². The van der Waals surface area contributed by atoms with Gasteiger partial charge in [-0.15, -0.1) is 0 Å². The van der Waals surface area contributed by atoms with Crippen LogP contribution in [0.2, 0.25) is 0 Å². The molecule has 134 valence electrons. The van der Waals surface area contributed by atoms with Crippen LogP contribution < -0.4 is 10.9 Å². The van der Waals surface area contributed by atoms with Crippen molar-refractivity contribution in [3.8, 4) is 6.07 Å². The molecule has 2 fully saturated rings. The predicted octanol–water partition coefficient (Wildman–Crippen LogP) is 0.642. The second kappa shape index (κ2) is 7.38. The number of rotatable bonds is 6. The highest BCUT2D eigenvalue weighted by Crippen LogP contribution is 2.41. The fourth-order valence-corrected chi connectivity index (χ4v) is 3.66. The van der Waals surface area contributed by atoms with Crippen LogP contribution in [0, 0.1) is 30.1 Å². The summed E-state index contributed by atoms with van der Waals surface area (Å²) in [7, 11) is 1.69. The van der Waals surface area contributed by atoms with Crippen molar-refractivity contribution in [1.82, 2.24) is 15.2 Å². The maximum absolute atomic E-state index is 12.7. The number of nitriles is 1. The number of carbonyl (C=O) groups is 1. The van der Waals surface area contributed by atoms with E-state index in [-0.39, 0.29) is 17.5 Å². The van der Waals surface area contributed by atoms with E-state index < -0.39 is 5.56 Å². The Bertz CT molecular complexity index is 748. The van der Waals surface area contributed by atoms with Gasteiger partial charge in [0.15, 0.2) is 0 Å². The third-order valence-corrected chi connectivity index (χ3v) is 5.20. The first-order valence-corrected chi connectivity index (χ1v) is 8.69. The van der Waals surface area contributed by atoms with Crippen molar-refractivity contribution < 1.29 is 9.53 Å². The number of nitrogens with one attached hydrogen (secondary N) is 2. The van der Waals surface area contributed by atoms with Crippen LogP contribution in [0.4, 0.5) is 0 Å². The van der Waals surface area contributed by atoms with Crippen molar-refractivity contribution in [3.05, 3.63) is 33.2 Å². The summed E-state index contributed by atoms with van der Waals surface area (Å²) in [5.41, 5.74) is 0.349. The largest absolute Gasteiger partial charge is 0.383 e. The van der Waals surface area contributed by atoms with Gasteiger partial charge in [-0.1, -0.05) is 0 Å². The van der Waals surface area contributed by atoms with E-state index in [2.05, 4.69) is 15.2 Å². The molecule has 1 aromatic rings. The molecule has 1 amide bonds. The van der Waals surface area contributed by atoms with Gasteiger partial charge in [-0.3, -0.25) is 14.5 Å². The average Bonchev–Trinajstić information content (AvgIpc) is 3.35. The fraction of sp³-hybridized carbons (Fsp3) is 0.611. The minimum Gasteiger partial charge on any atom is -0.383 e. The van der Waals surface area contributed by atoms with Gasteiger partial charge in [0.25, 0.3) is 11.5 Å². The first-order chi connectivity index (χ1) is 12.0. The molecule has 7 nitrogen and oxygen atoms in total. The standard InChI is InChI=1S/C18H24N4O3/c1-11-14(7-13(8-19)17(23)20-11)18(24)21-16-10-22(5-6-25-2)9-15(16)12-3-4-12/h7,12,15-16H,3-6,9-10H2,1-2H3,(H,20,23)(H,21,24)/t15-,16+/m1/s1. The molecule has 2 heterocycles.